The van der Waals surface area contributed by atoms with E-state index < -0.39 is 87.0 Å². The van der Waals surface area contributed by atoms with Crippen molar-refractivity contribution in [2.45, 2.75) is 250 Å². The summed E-state index contributed by atoms with van der Waals surface area (Å²) < 4.78 is 305. The lowest BCUT2D eigenvalue weighted by atomic mass is 10.0. The molecule has 3 nitrogen and oxygen atoms in total. The van der Waals surface area contributed by atoms with Crippen LogP contribution in [0.25, 0.3) is 0 Å². The molecular weight excluding hydrogens is 1120 g/mol. The van der Waals surface area contributed by atoms with Gasteiger partial charge in [-0.1, -0.05) is 40.5 Å². The van der Waals surface area contributed by atoms with Crippen LogP contribution in [0.1, 0.15) is 169 Å². The van der Waals surface area contributed by atoms with Gasteiger partial charge in [-0.05, 0) is 73.0 Å². The number of alkyl halides is 26. The highest BCUT2D eigenvalue weighted by Gasteiger charge is 2.66. The molecule has 0 aromatic heterocycles. The van der Waals surface area contributed by atoms with Crippen LogP contribution in [0.4, 0.5) is 114 Å². The topological polar surface area (TPSA) is 57.5 Å². The number of halogens is 26. The van der Waals surface area contributed by atoms with E-state index in [9.17, 15) is 119 Å². The summed E-state index contributed by atoms with van der Waals surface area (Å²) in [4.78, 5) is 10.0. The Hall–Kier alpha value is -1.69. The number of hydrogen-bond acceptors (Lipinski definition) is 4. The summed E-state index contributed by atoms with van der Waals surface area (Å²) in [6.07, 6.45) is -6.07. The van der Waals surface area contributed by atoms with E-state index in [0.717, 1.165) is 57.0 Å². The number of thioether (sulfide) groups is 2. The van der Waals surface area contributed by atoms with E-state index >= 15 is 0 Å². The van der Waals surface area contributed by atoms with Crippen molar-refractivity contribution in [3.05, 3.63) is 0 Å². The zero-order chi connectivity index (χ0) is 62.5. The Morgan fingerprint density at radius 2 is 0.568 bits per heavy atom. The summed E-state index contributed by atoms with van der Waals surface area (Å²) >= 11 is 2.47. The number of aliphatic carboxylic acids is 1. The minimum atomic E-state index is -5.54. The maximum atomic E-state index is 13.3. The third-order valence-corrected chi connectivity index (χ3v) is 11.6. The Labute approximate surface area is 425 Å². The first-order valence-corrected chi connectivity index (χ1v) is 23.7. The van der Waals surface area contributed by atoms with Crippen molar-refractivity contribution >= 4 is 29.5 Å². The predicted molar refractivity (Wildman–Crippen MR) is 239 cm³/mol. The molecule has 0 bridgehead atoms. The SMILES string of the molecule is CC(F)(F)C(C)(F)C(F)(F)F.CC(F)(F)C(C)(F)C(F)(F)F.CC(F)(F)C(C)(F)F.CC(F)(F)C(C)(F)F.CCC(C)(F)F.CCC(C)(F)F.CCC(C)(F)SCCC(=O)O.CCC(C)(F)SCCCCCCO. The predicted octanol–water partition coefficient (Wildman–Crippen LogP) is 20.2. The average Bonchev–Trinajstić information content (AvgIpc) is 3.14. The molecule has 458 valence electrons. The van der Waals surface area contributed by atoms with Gasteiger partial charge in [-0.15, -0.1) is 23.5 Å². The summed E-state index contributed by atoms with van der Waals surface area (Å²) in [7, 11) is 0. The molecule has 0 aliphatic rings. The molecule has 0 rings (SSSR count). The molecule has 0 radical (unpaired) electrons. The van der Waals surface area contributed by atoms with Crippen LogP contribution in [-0.2, 0) is 4.79 Å². The van der Waals surface area contributed by atoms with Crippen LogP contribution in [0.5, 0.6) is 0 Å². The van der Waals surface area contributed by atoms with Crippen molar-refractivity contribution in [1.29, 1.82) is 0 Å². The fraction of sp³-hybridized carbons (Fsp3) is 0.977. The first-order chi connectivity index (χ1) is 31.7. The Kier molecular flexibility index (Phi) is 42.9. The van der Waals surface area contributed by atoms with E-state index in [0.29, 0.717) is 18.6 Å². The highest BCUT2D eigenvalue weighted by atomic mass is 32.2. The van der Waals surface area contributed by atoms with E-state index in [-0.39, 0.29) is 81.3 Å². The van der Waals surface area contributed by atoms with Gasteiger partial charge in [0.25, 0.3) is 23.2 Å². The number of rotatable bonds is 19. The smallest absolute Gasteiger partial charge is 0.428 e. The second-order valence-electron chi connectivity index (χ2n) is 17.1. The number of carboxylic acid groups (broad SMARTS) is 1. The monoisotopic (exact) mass is 1200 g/mol. The number of hydrogen-bond donors (Lipinski definition) is 2. The molecule has 0 saturated carbocycles. The van der Waals surface area contributed by atoms with Crippen LogP contribution in [0, 0.1) is 0 Å². The first-order valence-electron chi connectivity index (χ1n) is 21.7. The second-order valence-corrected chi connectivity index (χ2v) is 20.2. The maximum absolute atomic E-state index is 13.3. The minimum absolute atomic E-state index is 0.0319. The fourth-order valence-corrected chi connectivity index (χ4v) is 3.79. The molecule has 0 saturated heterocycles. The van der Waals surface area contributed by atoms with Gasteiger partial charge in [-0.25, -0.2) is 87.8 Å². The van der Waals surface area contributed by atoms with E-state index in [1.807, 2.05) is 6.92 Å². The summed E-state index contributed by atoms with van der Waals surface area (Å²) in [5.41, 5.74) is -8.92. The molecule has 0 aromatic rings. The number of carbonyl (C=O) groups is 1. The van der Waals surface area contributed by atoms with Crippen molar-refractivity contribution < 1.29 is 129 Å². The molecule has 0 aromatic carbocycles. The van der Waals surface area contributed by atoms with Gasteiger partial charge >= 0.3 is 42.0 Å². The fourth-order valence-electron chi connectivity index (χ4n) is 1.91. The Morgan fingerprint density at radius 3 is 0.703 bits per heavy atom. The van der Waals surface area contributed by atoms with Crippen LogP contribution >= 0.6 is 23.5 Å². The van der Waals surface area contributed by atoms with Crippen LogP contribution in [0.3, 0.4) is 0 Å². The Bertz CT molecular complexity index is 1250. The largest absolute Gasteiger partial charge is 0.481 e. The lowest BCUT2D eigenvalue weighted by Crippen LogP contribution is -2.51. The number of carboxylic acids is 1. The van der Waals surface area contributed by atoms with Gasteiger partial charge in [0.1, 0.15) is 0 Å². The molecule has 0 aliphatic heterocycles. The van der Waals surface area contributed by atoms with Crippen molar-refractivity contribution in [2.24, 2.45) is 0 Å². The van der Waals surface area contributed by atoms with Crippen LogP contribution < -0.4 is 0 Å². The molecule has 0 aliphatic carbocycles. The van der Waals surface area contributed by atoms with E-state index in [4.69, 9.17) is 10.2 Å². The summed E-state index contributed by atoms with van der Waals surface area (Å²) in [6.45, 7) is 11.9. The lowest BCUT2D eigenvalue weighted by molar-refractivity contribution is -0.290. The standard InChI is InChI=1S/C10H21FOS.C7H13FO2S.2C5H6F6.2C4H6F4.2C4H8F2/c1-3-10(2,11)13-9-7-5-4-6-8-12;1-3-7(2,8)11-5-4-6(9)10;2*1-3(6,4(2,7)8)5(9,10)11;2*1-3(5,6)4(2,7)8;2*1-3-4(2,5)6/h12H,3-9H2,1-2H3;3-5H2,1-2H3,(H,9,10);2*1-2H3;2*1-2H3;2*3H2,1-2H3. The van der Waals surface area contributed by atoms with Gasteiger partial charge in [0.15, 0.2) is 10.0 Å². The highest BCUT2D eigenvalue weighted by molar-refractivity contribution is 8.00. The third kappa shape index (κ3) is 52.4. The number of unbranched alkanes of at least 4 members (excludes halogenated alkanes) is 3. The average molecular weight is 1200 g/mol. The second kappa shape index (κ2) is 35.7. The first kappa shape index (κ1) is 88.9. The van der Waals surface area contributed by atoms with Crippen molar-refractivity contribution in [2.75, 3.05) is 18.1 Å². The number of aliphatic hydroxyl groups is 1. The number of aliphatic hydroxyl groups excluding tert-OH is 1. The van der Waals surface area contributed by atoms with Gasteiger partial charge in [0.05, 0.1) is 6.42 Å². The molecule has 0 fully saturated rings. The summed E-state index contributed by atoms with van der Waals surface area (Å²) in [5.74, 6) is -29.0. The highest BCUT2D eigenvalue weighted by Crippen LogP contribution is 2.45. The van der Waals surface area contributed by atoms with Gasteiger partial charge < -0.3 is 10.2 Å². The lowest BCUT2D eigenvalue weighted by Gasteiger charge is -2.28. The molecule has 4 atom stereocenters. The van der Waals surface area contributed by atoms with E-state index in [2.05, 4.69) is 0 Å². The quantitative estimate of drug-likeness (QED) is 0.0997. The van der Waals surface area contributed by atoms with Crippen molar-refractivity contribution in [3.8, 4) is 0 Å². The molecular formula is C43H74F26O3S2. The van der Waals surface area contributed by atoms with E-state index in [1.54, 1.807) is 13.8 Å². The molecule has 4 unspecified atom stereocenters. The van der Waals surface area contributed by atoms with Crippen LogP contribution in [-0.4, -0.2) is 115 Å². The maximum Gasteiger partial charge on any atom is 0.428 e. The summed E-state index contributed by atoms with van der Waals surface area (Å²) in [5, 5.41) is 14.5. The summed E-state index contributed by atoms with van der Waals surface area (Å²) in [6, 6.07) is 0. The molecule has 2 N–H and O–H groups in total. The van der Waals surface area contributed by atoms with Gasteiger partial charge in [-0.3, -0.25) is 4.79 Å². The molecule has 0 heterocycles. The zero-order valence-electron chi connectivity index (χ0n) is 43.9. The zero-order valence-corrected chi connectivity index (χ0v) is 45.6. The van der Waals surface area contributed by atoms with E-state index in [1.165, 1.54) is 32.5 Å². The van der Waals surface area contributed by atoms with Crippen LogP contribution in [0.15, 0.2) is 0 Å². The molecule has 0 spiro atoms. The third-order valence-electron chi connectivity index (χ3n) is 8.93. The van der Waals surface area contributed by atoms with Gasteiger partial charge in [-0.2, -0.15) is 26.3 Å². The van der Waals surface area contributed by atoms with Crippen LogP contribution in [0.2, 0.25) is 0 Å². The van der Waals surface area contributed by atoms with Gasteiger partial charge in [0.2, 0.25) is 11.8 Å². The Morgan fingerprint density at radius 1 is 0.351 bits per heavy atom. The molecule has 31 heteroatoms. The van der Waals surface area contributed by atoms with Gasteiger partial charge in [0, 0.05) is 66.7 Å². The normalized spacial score (nSPS) is 16.0. The Balaban J connectivity index is -0.000000114. The molecule has 0 amide bonds. The minimum Gasteiger partial charge on any atom is -0.481 e. The van der Waals surface area contributed by atoms with Crippen molar-refractivity contribution in [1.82, 2.24) is 0 Å². The van der Waals surface area contributed by atoms with Crippen molar-refractivity contribution in [3.63, 3.8) is 0 Å². The molecule has 74 heavy (non-hydrogen) atoms.